The lowest BCUT2D eigenvalue weighted by atomic mass is 10.1. The summed E-state index contributed by atoms with van der Waals surface area (Å²) in [5, 5.41) is 3.82. The van der Waals surface area contributed by atoms with Crippen LogP contribution in [0.2, 0.25) is 0 Å². The van der Waals surface area contributed by atoms with Crippen molar-refractivity contribution >= 4 is 16.9 Å². The molecule has 2 aromatic rings. The van der Waals surface area contributed by atoms with Crippen molar-refractivity contribution in [3.63, 3.8) is 0 Å². The molecule has 0 aliphatic carbocycles. The normalized spacial score (nSPS) is 15.8. The van der Waals surface area contributed by atoms with Gasteiger partial charge in [-0.3, -0.25) is 4.79 Å². The number of hydrogen-bond donors (Lipinski definition) is 3. The first-order valence-electron chi connectivity index (χ1n) is 6.76. The summed E-state index contributed by atoms with van der Waals surface area (Å²) >= 11 is 0. The molecule has 108 valence electrons. The molecule has 0 saturated heterocycles. The molecule has 20 heavy (non-hydrogen) atoms. The Bertz CT molecular complexity index is 559. The third-order valence-corrected chi connectivity index (χ3v) is 3.39. The van der Waals surface area contributed by atoms with Crippen molar-refractivity contribution in [2.45, 2.75) is 38.4 Å². The molecule has 1 amide bonds. The molecule has 5 heteroatoms. The van der Waals surface area contributed by atoms with Crippen LogP contribution in [0.3, 0.4) is 0 Å². The number of benzene rings is 1. The van der Waals surface area contributed by atoms with E-state index in [1.807, 2.05) is 44.2 Å². The topological polar surface area (TPSA) is 94.3 Å². The van der Waals surface area contributed by atoms with Gasteiger partial charge in [0.05, 0.1) is 6.04 Å². The van der Waals surface area contributed by atoms with Crippen LogP contribution in [0.25, 0.3) is 11.0 Å². The lowest BCUT2D eigenvalue weighted by molar-refractivity contribution is -0.123. The maximum Gasteiger partial charge on any atom is 0.237 e. The summed E-state index contributed by atoms with van der Waals surface area (Å²) in [6.07, 6.45) is 0.367. The molecule has 0 spiro atoms. The fourth-order valence-electron chi connectivity index (χ4n) is 1.91. The number of para-hydroxylation sites is 1. The monoisotopic (exact) mass is 275 g/mol. The Balaban J connectivity index is 2.00. The summed E-state index contributed by atoms with van der Waals surface area (Å²) in [7, 11) is 0. The van der Waals surface area contributed by atoms with Crippen molar-refractivity contribution in [1.82, 2.24) is 5.32 Å². The van der Waals surface area contributed by atoms with Crippen molar-refractivity contribution in [2.75, 3.05) is 0 Å². The summed E-state index contributed by atoms with van der Waals surface area (Å²) in [4.78, 5) is 11.9. The number of nitrogens with two attached hydrogens (primary N) is 2. The third kappa shape index (κ3) is 3.37. The number of amides is 1. The molecule has 0 saturated carbocycles. The first kappa shape index (κ1) is 14.6. The second kappa shape index (κ2) is 6.07. The van der Waals surface area contributed by atoms with Gasteiger partial charge in [-0.15, -0.1) is 0 Å². The SMILES string of the molecule is CC(N)C(C)NC(=O)C(N)Cc1cc2ccccc2o1. The fourth-order valence-corrected chi connectivity index (χ4v) is 1.91. The third-order valence-electron chi connectivity index (χ3n) is 3.39. The highest BCUT2D eigenvalue weighted by atomic mass is 16.3. The van der Waals surface area contributed by atoms with Crippen LogP contribution in [0.5, 0.6) is 0 Å². The molecule has 1 aromatic carbocycles. The summed E-state index contributed by atoms with van der Waals surface area (Å²) < 4.78 is 5.66. The van der Waals surface area contributed by atoms with E-state index >= 15 is 0 Å². The summed E-state index contributed by atoms with van der Waals surface area (Å²) in [5.41, 5.74) is 12.4. The minimum Gasteiger partial charge on any atom is -0.461 e. The van der Waals surface area contributed by atoms with E-state index in [-0.39, 0.29) is 18.0 Å². The van der Waals surface area contributed by atoms with Crippen molar-refractivity contribution in [1.29, 1.82) is 0 Å². The van der Waals surface area contributed by atoms with E-state index < -0.39 is 6.04 Å². The average molecular weight is 275 g/mol. The van der Waals surface area contributed by atoms with Gasteiger partial charge >= 0.3 is 0 Å². The summed E-state index contributed by atoms with van der Waals surface area (Å²) in [5.74, 6) is 0.498. The molecule has 0 bridgehead atoms. The first-order chi connectivity index (χ1) is 9.47. The molecule has 3 unspecified atom stereocenters. The van der Waals surface area contributed by atoms with Crippen LogP contribution >= 0.6 is 0 Å². The van der Waals surface area contributed by atoms with Gasteiger partial charge < -0.3 is 21.2 Å². The fraction of sp³-hybridized carbons (Fsp3) is 0.400. The lowest BCUT2D eigenvalue weighted by Gasteiger charge is -2.19. The van der Waals surface area contributed by atoms with Gasteiger partial charge in [0.25, 0.3) is 0 Å². The van der Waals surface area contributed by atoms with Crippen molar-refractivity contribution in [2.24, 2.45) is 11.5 Å². The Morgan fingerprint density at radius 1 is 1.30 bits per heavy atom. The van der Waals surface area contributed by atoms with Gasteiger partial charge in [-0.1, -0.05) is 18.2 Å². The molecule has 1 heterocycles. The Hall–Kier alpha value is -1.85. The molecule has 3 atom stereocenters. The zero-order valence-corrected chi connectivity index (χ0v) is 11.8. The molecule has 5 N–H and O–H groups in total. The number of carbonyl (C=O) groups is 1. The first-order valence-corrected chi connectivity index (χ1v) is 6.76. The van der Waals surface area contributed by atoms with Gasteiger partial charge in [0, 0.05) is 23.9 Å². The van der Waals surface area contributed by atoms with E-state index in [9.17, 15) is 4.79 Å². The second-order valence-electron chi connectivity index (χ2n) is 5.22. The number of nitrogens with one attached hydrogen (secondary N) is 1. The quantitative estimate of drug-likeness (QED) is 0.763. The predicted molar refractivity (Wildman–Crippen MR) is 79.1 cm³/mol. The minimum atomic E-state index is -0.642. The molecular weight excluding hydrogens is 254 g/mol. The number of rotatable bonds is 5. The smallest absolute Gasteiger partial charge is 0.237 e. The summed E-state index contributed by atoms with van der Waals surface area (Å²) in [6.45, 7) is 3.70. The zero-order chi connectivity index (χ0) is 14.7. The van der Waals surface area contributed by atoms with E-state index in [4.69, 9.17) is 15.9 Å². The number of hydrogen-bond acceptors (Lipinski definition) is 4. The maximum absolute atomic E-state index is 11.9. The highest BCUT2D eigenvalue weighted by Crippen LogP contribution is 2.19. The predicted octanol–water partition coefficient (Wildman–Crippen LogP) is 1.15. The summed E-state index contributed by atoms with van der Waals surface area (Å²) in [6, 6.07) is 8.76. The van der Waals surface area contributed by atoms with Crippen LogP contribution in [0.15, 0.2) is 34.7 Å². The van der Waals surface area contributed by atoms with Crippen LogP contribution < -0.4 is 16.8 Å². The van der Waals surface area contributed by atoms with Gasteiger partial charge in [0.2, 0.25) is 5.91 Å². The minimum absolute atomic E-state index is 0.107. The van der Waals surface area contributed by atoms with Crippen LogP contribution in [-0.2, 0) is 11.2 Å². The largest absolute Gasteiger partial charge is 0.461 e. The van der Waals surface area contributed by atoms with Crippen LogP contribution in [0.1, 0.15) is 19.6 Å². The average Bonchev–Trinajstić information content (AvgIpc) is 2.80. The van der Waals surface area contributed by atoms with Gasteiger partial charge in [-0.25, -0.2) is 0 Å². The highest BCUT2D eigenvalue weighted by Gasteiger charge is 2.19. The van der Waals surface area contributed by atoms with E-state index in [0.29, 0.717) is 12.2 Å². The molecule has 0 aliphatic heterocycles. The van der Waals surface area contributed by atoms with E-state index in [2.05, 4.69) is 5.32 Å². The lowest BCUT2D eigenvalue weighted by Crippen LogP contribution is -2.50. The van der Waals surface area contributed by atoms with E-state index in [0.717, 1.165) is 11.0 Å². The molecule has 0 radical (unpaired) electrons. The Kier molecular flexibility index (Phi) is 4.42. The molecule has 0 aliphatic rings. The van der Waals surface area contributed by atoms with Gasteiger partial charge in [0.1, 0.15) is 11.3 Å². The van der Waals surface area contributed by atoms with Crippen LogP contribution in [0, 0.1) is 0 Å². The van der Waals surface area contributed by atoms with Gasteiger partial charge in [0.15, 0.2) is 0 Å². The number of furan rings is 1. The van der Waals surface area contributed by atoms with Gasteiger partial charge in [-0.05, 0) is 26.0 Å². The van der Waals surface area contributed by atoms with Crippen molar-refractivity contribution in [3.8, 4) is 0 Å². The number of fused-ring (bicyclic) bond motifs is 1. The molecule has 0 fully saturated rings. The molecule has 2 rings (SSSR count). The zero-order valence-electron chi connectivity index (χ0n) is 11.8. The maximum atomic E-state index is 11.9. The van der Waals surface area contributed by atoms with Crippen molar-refractivity contribution < 1.29 is 9.21 Å². The van der Waals surface area contributed by atoms with Crippen molar-refractivity contribution in [3.05, 3.63) is 36.1 Å². The van der Waals surface area contributed by atoms with Crippen LogP contribution in [0.4, 0.5) is 0 Å². The number of carbonyl (C=O) groups excluding carboxylic acids is 1. The second-order valence-corrected chi connectivity index (χ2v) is 5.22. The van der Waals surface area contributed by atoms with E-state index in [1.54, 1.807) is 0 Å². The van der Waals surface area contributed by atoms with Crippen LogP contribution in [-0.4, -0.2) is 24.0 Å². The highest BCUT2D eigenvalue weighted by molar-refractivity contribution is 5.82. The Labute approximate surface area is 118 Å². The Morgan fingerprint density at radius 3 is 2.65 bits per heavy atom. The molecule has 5 nitrogen and oxygen atoms in total. The Morgan fingerprint density at radius 2 is 2.00 bits per heavy atom. The molecule has 1 aromatic heterocycles. The van der Waals surface area contributed by atoms with E-state index in [1.165, 1.54) is 0 Å². The molecular formula is C15H21N3O2. The van der Waals surface area contributed by atoms with Gasteiger partial charge in [-0.2, -0.15) is 0 Å². The standard InChI is InChI=1S/C15H21N3O2/c1-9(16)10(2)18-15(19)13(17)8-12-7-11-5-3-4-6-14(11)20-12/h3-7,9-10,13H,8,16-17H2,1-2H3,(H,18,19).